The minimum atomic E-state index is -0.212. The van der Waals surface area contributed by atoms with Crippen molar-refractivity contribution in [1.82, 2.24) is 9.78 Å². The highest BCUT2D eigenvalue weighted by molar-refractivity contribution is 5.29. The van der Waals surface area contributed by atoms with E-state index >= 15 is 0 Å². The van der Waals surface area contributed by atoms with Crippen molar-refractivity contribution in [2.45, 2.75) is 26.9 Å². The molecule has 0 radical (unpaired) electrons. The molecule has 18 heavy (non-hydrogen) atoms. The third-order valence-corrected chi connectivity index (χ3v) is 2.91. The molecule has 0 spiro atoms. The predicted molar refractivity (Wildman–Crippen MR) is 68.1 cm³/mol. The molecule has 3 nitrogen and oxygen atoms in total. The molecule has 0 bridgehead atoms. The Hall–Kier alpha value is -1.84. The van der Waals surface area contributed by atoms with E-state index in [1.807, 2.05) is 17.8 Å². The predicted octanol–water partition coefficient (Wildman–Crippen LogP) is 3.01. The lowest BCUT2D eigenvalue weighted by molar-refractivity contribution is 0.294. The average Bonchev–Trinajstić information content (AvgIpc) is 2.72. The van der Waals surface area contributed by atoms with Crippen LogP contribution in [0, 0.1) is 12.7 Å². The number of hydrogen-bond acceptors (Lipinski definition) is 2. The van der Waals surface area contributed by atoms with Crippen molar-refractivity contribution in [3.63, 3.8) is 0 Å². The van der Waals surface area contributed by atoms with Gasteiger partial charge in [-0.05, 0) is 43.2 Å². The molecule has 2 aromatic rings. The van der Waals surface area contributed by atoms with Gasteiger partial charge in [-0.2, -0.15) is 5.10 Å². The van der Waals surface area contributed by atoms with Crippen molar-refractivity contribution in [2.24, 2.45) is 7.05 Å². The van der Waals surface area contributed by atoms with Gasteiger partial charge in [0, 0.05) is 7.05 Å². The molecular weight excluding hydrogens is 231 g/mol. The second kappa shape index (κ2) is 5.21. The normalized spacial score (nSPS) is 10.7. The largest absolute Gasteiger partial charge is 0.487 e. The second-order valence-corrected chi connectivity index (χ2v) is 4.30. The summed E-state index contributed by atoms with van der Waals surface area (Å²) >= 11 is 0. The summed E-state index contributed by atoms with van der Waals surface area (Å²) < 4.78 is 20.6. The molecule has 0 aliphatic carbocycles. The second-order valence-electron chi connectivity index (χ2n) is 4.30. The highest BCUT2D eigenvalue weighted by atomic mass is 19.1. The van der Waals surface area contributed by atoms with Crippen LogP contribution in [-0.4, -0.2) is 9.78 Å². The van der Waals surface area contributed by atoms with Crippen molar-refractivity contribution in [2.75, 3.05) is 0 Å². The summed E-state index contributed by atoms with van der Waals surface area (Å²) in [5, 5.41) is 4.35. The third kappa shape index (κ3) is 2.70. The van der Waals surface area contributed by atoms with E-state index in [9.17, 15) is 4.39 Å². The van der Waals surface area contributed by atoms with Crippen molar-refractivity contribution >= 4 is 0 Å². The van der Waals surface area contributed by atoms with Crippen LogP contribution in [0.1, 0.15) is 23.9 Å². The molecule has 0 atom stereocenters. The summed E-state index contributed by atoms with van der Waals surface area (Å²) in [6.07, 6.45) is 0.906. The van der Waals surface area contributed by atoms with Crippen molar-refractivity contribution in [1.29, 1.82) is 0 Å². The first-order valence-electron chi connectivity index (χ1n) is 6.01. The Morgan fingerprint density at radius 2 is 2.11 bits per heavy atom. The first-order chi connectivity index (χ1) is 8.60. The fourth-order valence-corrected chi connectivity index (χ4v) is 1.74. The summed E-state index contributed by atoms with van der Waals surface area (Å²) in [5.74, 6) is 0.462. The molecule has 2 rings (SSSR count). The maximum absolute atomic E-state index is 13.1. The van der Waals surface area contributed by atoms with E-state index in [0.717, 1.165) is 17.8 Å². The zero-order valence-corrected chi connectivity index (χ0v) is 10.9. The zero-order valence-electron chi connectivity index (χ0n) is 10.9. The number of rotatable bonds is 4. The van der Waals surface area contributed by atoms with E-state index in [-0.39, 0.29) is 5.82 Å². The van der Waals surface area contributed by atoms with Crippen molar-refractivity contribution in [3.05, 3.63) is 47.0 Å². The minimum absolute atomic E-state index is 0.212. The first-order valence-corrected chi connectivity index (χ1v) is 6.01. The maximum Gasteiger partial charge on any atom is 0.130 e. The first kappa shape index (κ1) is 12.6. The Morgan fingerprint density at radius 1 is 1.33 bits per heavy atom. The van der Waals surface area contributed by atoms with Crippen molar-refractivity contribution in [3.8, 4) is 5.75 Å². The van der Waals surface area contributed by atoms with Gasteiger partial charge in [0.2, 0.25) is 0 Å². The number of benzene rings is 1. The van der Waals surface area contributed by atoms with Crippen LogP contribution in [-0.2, 0) is 20.1 Å². The lowest BCUT2D eigenvalue weighted by Crippen LogP contribution is -2.03. The Labute approximate surface area is 106 Å². The van der Waals surface area contributed by atoms with E-state index < -0.39 is 0 Å². The van der Waals surface area contributed by atoms with Crippen LogP contribution >= 0.6 is 0 Å². The van der Waals surface area contributed by atoms with Gasteiger partial charge >= 0.3 is 0 Å². The number of hydrogen-bond donors (Lipinski definition) is 0. The number of aryl methyl sites for hydroxylation is 3. The van der Waals surface area contributed by atoms with Gasteiger partial charge in [-0.1, -0.05) is 6.92 Å². The molecule has 0 aliphatic heterocycles. The van der Waals surface area contributed by atoms with Crippen LogP contribution in [0.3, 0.4) is 0 Å². The molecule has 0 amide bonds. The van der Waals surface area contributed by atoms with Crippen LogP contribution in [0.15, 0.2) is 24.3 Å². The van der Waals surface area contributed by atoms with E-state index in [2.05, 4.69) is 12.0 Å². The van der Waals surface area contributed by atoms with E-state index in [4.69, 9.17) is 4.74 Å². The molecule has 1 aromatic heterocycles. The molecule has 1 heterocycles. The van der Waals surface area contributed by atoms with Gasteiger partial charge in [-0.15, -0.1) is 0 Å². The van der Waals surface area contributed by atoms with Crippen LogP contribution in [0.4, 0.5) is 4.39 Å². The summed E-state index contributed by atoms with van der Waals surface area (Å²) in [6, 6.07) is 6.79. The Morgan fingerprint density at radius 3 is 2.72 bits per heavy atom. The fraction of sp³-hybridized carbons (Fsp3) is 0.357. The Kier molecular flexibility index (Phi) is 3.65. The van der Waals surface area contributed by atoms with Gasteiger partial charge in [0.25, 0.3) is 0 Å². The highest BCUT2D eigenvalue weighted by Gasteiger charge is 2.05. The fourth-order valence-electron chi connectivity index (χ4n) is 1.74. The molecule has 4 heteroatoms. The molecule has 96 valence electrons. The lowest BCUT2D eigenvalue weighted by atomic mass is 10.2. The van der Waals surface area contributed by atoms with Gasteiger partial charge in [0.1, 0.15) is 18.2 Å². The van der Waals surface area contributed by atoms with Gasteiger partial charge < -0.3 is 4.74 Å². The van der Waals surface area contributed by atoms with E-state index in [0.29, 0.717) is 17.9 Å². The van der Waals surface area contributed by atoms with Gasteiger partial charge in [0.05, 0.1) is 11.4 Å². The number of ether oxygens (including phenoxy) is 1. The molecule has 1 aromatic carbocycles. The molecule has 0 N–H and O–H groups in total. The molecular formula is C14H17FN2O. The minimum Gasteiger partial charge on any atom is -0.487 e. The molecule has 0 saturated heterocycles. The van der Waals surface area contributed by atoms with Crippen LogP contribution < -0.4 is 4.74 Å². The summed E-state index contributed by atoms with van der Waals surface area (Å²) in [7, 11) is 1.90. The Bertz CT molecular complexity index is 549. The topological polar surface area (TPSA) is 27.1 Å². The van der Waals surface area contributed by atoms with E-state index in [1.165, 1.54) is 6.07 Å². The van der Waals surface area contributed by atoms with Crippen LogP contribution in [0.2, 0.25) is 0 Å². The highest BCUT2D eigenvalue weighted by Crippen LogP contribution is 2.17. The summed E-state index contributed by atoms with van der Waals surface area (Å²) in [6.45, 7) is 4.23. The third-order valence-electron chi connectivity index (χ3n) is 2.91. The van der Waals surface area contributed by atoms with Gasteiger partial charge in [-0.25, -0.2) is 4.39 Å². The smallest absolute Gasteiger partial charge is 0.130 e. The van der Waals surface area contributed by atoms with E-state index in [1.54, 1.807) is 19.1 Å². The number of nitrogens with zero attached hydrogens (tertiary/aromatic N) is 2. The quantitative estimate of drug-likeness (QED) is 0.831. The standard InChI is InChI=1S/C14H17FN2O/c1-4-11-8-12(17(3)16-11)9-18-13-5-6-14(15)10(2)7-13/h5-8H,4,9H2,1-3H3. The molecule has 0 saturated carbocycles. The van der Waals surface area contributed by atoms with Crippen molar-refractivity contribution < 1.29 is 9.13 Å². The molecule has 0 fully saturated rings. The lowest BCUT2D eigenvalue weighted by Gasteiger charge is -2.07. The maximum atomic E-state index is 13.1. The molecule has 0 unspecified atom stereocenters. The van der Waals surface area contributed by atoms with Gasteiger partial charge in [0.15, 0.2) is 0 Å². The summed E-state index contributed by atoms with van der Waals surface area (Å²) in [5.41, 5.74) is 2.65. The monoisotopic (exact) mass is 248 g/mol. The molecule has 0 aliphatic rings. The Balaban J connectivity index is 2.06. The van der Waals surface area contributed by atoms with Crippen LogP contribution in [0.25, 0.3) is 0 Å². The van der Waals surface area contributed by atoms with Crippen LogP contribution in [0.5, 0.6) is 5.75 Å². The van der Waals surface area contributed by atoms with Gasteiger partial charge in [-0.3, -0.25) is 4.68 Å². The average molecular weight is 248 g/mol. The number of halogens is 1. The zero-order chi connectivity index (χ0) is 13.1. The summed E-state index contributed by atoms with van der Waals surface area (Å²) in [4.78, 5) is 0. The number of aromatic nitrogens is 2. The SMILES string of the molecule is CCc1cc(COc2ccc(F)c(C)c2)n(C)n1.